The lowest BCUT2D eigenvalue weighted by atomic mass is 10.0. The number of nitrogens with zero attached hydrogens (tertiary/aromatic N) is 1. The Morgan fingerprint density at radius 2 is 1.74 bits per heavy atom. The quantitative estimate of drug-likeness (QED) is 0.179. The number of amides is 1. The lowest BCUT2D eigenvalue weighted by molar-refractivity contribution is -0.118. The first kappa shape index (κ1) is 30.0. The summed E-state index contributed by atoms with van der Waals surface area (Å²) in [5.74, 6) is 2.78. The Morgan fingerprint density at radius 3 is 2.58 bits per heavy atom. The monoisotopic (exact) mass is 641 g/mol. The minimum Gasteiger partial charge on any atom is -0.489 e. The predicted molar refractivity (Wildman–Crippen MR) is 167 cm³/mol. The van der Waals surface area contributed by atoms with Crippen molar-refractivity contribution in [3.05, 3.63) is 106 Å². The van der Waals surface area contributed by atoms with E-state index in [4.69, 9.17) is 18.9 Å². The highest BCUT2D eigenvalue weighted by Gasteiger charge is 2.15. The molecule has 43 heavy (non-hydrogen) atoms. The summed E-state index contributed by atoms with van der Waals surface area (Å²) in [7, 11) is 0. The Labute approximate surface area is 259 Å². The van der Waals surface area contributed by atoms with Crippen molar-refractivity contribution >= 4 is 21.8 Å². The third-order valence-corrected chi connectivity index (χ3v) is 7.74. The second kappa shape index (κ2) is 14.6. The predicted octanol–water partition coefficient (Wildman–Crippen LogP) is 6.14. The first-order chi connectivity index (χ1) is 21.0. The lowest BCUT2D eigenvalue weighted by Gasteiger charge is -2.19. The molecule has 5 rings (SSSR count). The highest BCUT2D eigenvalue weighted by atomic mass is 79.9. The van der Waals surface area contributed by atoms with Crippen LogP contribution in [0.1, 0.15) is 29.2 Å². The fourth-order valence-corrected chi connectivity index (χ4v) is 5.24. The Bertz CT molecular complexity index is 1640. The number of carbonyl (C=O) groups excluding carboxylic acids is 1. The van der Waals surface area contributed by atoms with Gasteiger partial charge in [-0.05, 0) is 63.0 Å². The molecule has 9 heteroatoms. The molecule has 0 spiro atoms. The minimum atomic E-state index is -0.0598. The van der Waals surface area contributed by atoms with Crippen molar-refractivity contribution in [3.8, 4) is 40.2 Å². The van der Waals surface area contributed by atoms with Gasteiger partial charge in [-0.1, -0.05) is 42.5 Å². The van der Waals surface area contributed by atoms with E-state index in [2.05, 4.69) is 38.7 Å². The van der Waals surface area contributed by atoms with Crippen LogP contribution in [0.25, 0.3) is 11.1 Å². The van der Waals surface area contributed by atoms with Crippen molar-refractivity contribution in [2.24, 2.45) is 0 Å². The zero-order valence-corrected chi connectivity index (χ0v) is 25.4. The van der Waals surface area contributed by atoms with E-state index >= 15 is 0 Å². The van der Waals surface area contributed by atoms with E-state index in [9.17, 15) is 10.1 Å². The summed E-state index contributed by atoms with van der Waals surface area (Å²) in [6.07, 6.45) is 0. The molecule has 0 saturated heterocycles. The van der Waals surface area contributed by atoms with Crippen LogP contribution in [0.4, 0.5) is 0 Å². The number of ether oxygens (including phenoxy) is 4. The molecule has 220 valence electrons. The van der Waals surface area contributed by atoms with Crippen molar-refractivity contribution < 1.29 is 23.7 Å². The molecule has 1 aliphatic heterocycles. The second-order valence-corrected chi connectivity index (χ2v) is 10.7. The van der Waals surface area contributed by atoms with Gasteiger partial charge in [0, 0.05) is 48.2 Å². The maximum absolute atomic E-state index is 11.2. The fraction of sp³-hybridized carbons (Fsp3) is 0.235. The number of fused-ring (bicyclic) bond motifs is 1. The van der Waals surface area contributed by atoms with Crippen LogP contribution < -0.4 is 29.6 Å². The van der Waals surface area contributed by atoms with E-state index in [0.717, 1.165) is 43.8 Å². The number of carbonyl (C=O) groups is 1. The molecule has 0 saturated carbocycles. The average Bonchev–Trinajstić information content (AvgIpc) is 3.03. The van der Waals surface area contributed by atoms with Gasteiger partial charge in [0.25, 0.3) is 0 Å². The van der Waals surface area contributed by atoms with Gasteiger partial charge in [-0.25, -0.2) is 0 Å². The molecule has 8 nitrogen and oxygen atoms in total. The molecular formula is C34H32BrN3O5. The number of rotatable bonds is 12. The van der Waals surface area contributed by atoms with Crippen LogP contribution in [0.5, 0.6) is 23.0 Å². The molecule has 0 aromatic heterocycles. The van der Waals surface area contributed by atoms with E-state index in [1.807, 2.05) is 66.7 Å². The van der Waals surface area contributed by atoms with Gasteiger partial charge < -0.3 is 29.6 Å². The van der Waals surface area contributed by atoms with Gasteiger partial charge in [0.15, 0.2) is 11.5 Å². The number of nitriles is 1. The molecule has 0 aliphatic carbocycles. The van der Waals surface area contributed by atoms with E-state index in [1.165, 1.54) is 6.92 Å². The van der Waals surface area contributed by atoms with Crippen LogP contribution in [0.15, 0.2) is 83.3 Å². The van der Waals surface area contributed by atoms with Crippen LogP contribution >= 0.6 is 15.9 Å². The summed E-state index contributed by atoms with van der Waals surface area (Å²) < 4.78 is 24.9. The van der Waals surface area contributed by atoms with Crippen LogP contribution in [-0.2, 0) is 24.6 Å². The van der Waals surface area contributed by atoms with Gasteiger partial charge in [-0.15, -0.1) is 0 Å². The smallest absolute Gasteiger partial charge is 0.216 e. The highest BCUT2D eigenvalue weighted by Crippen LogP contribution is 2.38. The molecule has 1 amide bonds. The first-order valence-corrected chi connectivity index (χ1v) is 14.8. The highest BCUT2D eigenvalue weighted by molar-refractivity contribution is 9.10. The average molecular weight is 643 g/mol. The zero-order chi connectivity index (χ0) is 30.0. The first-order valence-electron chi connectivity index (χ1n) is 14.0. The molecule has 0 radical (unpaired) electrons. The summed E-state index contributed by atoms with van der Waals surface area (Å²) in [6.45, 7) is 4.95. The molecular weight excluding hydrogens is 610 g/mol. The van der Waals surface area contributed by atoms with Crippen LogP contribution in [0.2, 0.25) is 0 Å². The number of nitrogens with one attached hydrogen (secondary N) is 2. The second-order valence-electron chi connectivity index (χ2n) is 9.96. The molecule has 0 bridgehead atoms. The van der Waals surface area contributed by atoms with Gasteiger partial charge in [-0.3, -0.25) is 4.79 Å². The van der Waals surface area contributed by atoms with Gasteiger partial charge in [-0.2, -0.15) is 5.26 Å². The molecule has 0 atom stereocenters. The molecule has 4 aromatic rings. The van der Waals surface area contributed by atoms with E-state index in [1.54, 1.807) is 6.07 Å². The van der Waals surface area contributed by atoms with Crippen LogP contribution in [-0.4, -0.2) is 32.2 Å². The van der Waals surface area contributed by atoms with E-state index in [0.29, 0.717) is 63.1 Å². The Balaban J connectivity index is 1.30. The number of benzene rings is 4. The molecule has 1 heterocycles. The van der Waals surface area contributed by atoms with Crippen LogP contribution in [0, 0.1) is 11.3 Å². The number of hydrogen-bond donors (Lipinski definition) is 2. The van der Waals surface area contributed by atoms with Crippen molar-refractivity contribution in [2.75, 3.05) is 26.3 Å². The van der Waals surface area contributed by atoms with Crippen molar-refractivity contribution in [3.63, 3.8) is 0 Å². The number of halogens is 1. The standard InChI is InChI=1S/C34H32BrN3O5/c1-23(39)38-13-12-37-20-27-8-10-29(18-32(27)43-21-25-5-2-4-24(16-25)19-36)42-22-28-6-3-7-30(34(28)35)26-9-11-31-33(17-26)41-15-14-40-31/h2-11,16-18,37H,12-15,20-22H2,1H3,(H,38,39). The van der Waals surface area contributed by atoms with Crippen molar-refractivity contribution in [2.45, 2.75) is 26.7 Å². The third kappa shape index (κ3) is 8.07. The van der Waals surface area contributed by atoms with E-state index < -0.39 is 0 Å². The zero-order valence-electron chi connectivity index (χ0n) is 23.8. The number of hydrogen-bond acceptors (Lipinski definition) is 7. The molecule has 4 aromatic carbocycles. The molecule has 1 aliphatic rings. The Morgan fingerprint density at radius 1 is 0.907 bits per heavy atom. The summed E-state index contributed by atoms with van der Waals surface area (Å²) >= 11 is 3.79. The Hall–Kier alpha value is -4.52. The summed E-state index contributed by atoms with van der Waals surface area (Å²) in [5, 5.41) is 15.4. The summed E-state index contributed by atoms with van der Waals surface area (Å²) in [5.41, 5.74) is 5.48. The SMILES string of the molecule is CC(=O)NCCNCc1ccc(OCc2cccc(-c3ccc4c(c3)OCCO4)c2Br)cc1OCc1cccc(C#N)c1. The molecule has 0 unspecified atom stereocenters. The minimum absolute atomic E-state index is 0.0598. The van der Waals surface area contributed by atoms with Crippen molar-refractivity contribution in [1.29, 1.82) is 5.26 Å². The largest absolute Gasteiger partial charge is 0.489 e. The Kier molecular flexibility index (Phi) is 10.2. The van der Waals surface area contributed by atoms with Gasteiger partial charge in [0.05, 0.1) is 11.6 Å². The van der Waals surface area contributed by atoms with Crippen molar-refractivity contribution in [1.82, 2.24) is 10.6 Å². The van der Waals surface area contributed by atoms with Crippen LogP contribution in [0.3, 0.4) is 0 Å². The summed E-state index contributed by atoms with van der Waals surface area (Å²) in [6, 6.07) is 27.4. The molecule has 2 N–H and O–H groups in total. The van der Waals surface area contributed by atoms with Gasteiger partial charge in [0.1, 0.15) is 37.9 Å². The summed E-state index contributed by atoms with van der Waals surface area (Å²) in [4.78, 5) is 11.2. The maximum Gasteiger partial charge on any atom is 0.216 e. The van der Waals surface area contributed by atoms with Gasteiger partial charge >= 0.3 is 0 Å². The fourth-order valence-electron chi connectivity index (χ4n) is 4.63. The maximum atomic E-state index is 11.2. The van der Waals surface area contributed by atoms with Gasteiger partial charge in [0.2, 0.25) is 5.91 Å². The topological polar surface area (TPSA) is 102 Å². The molecule has 0 fully saturated rings. The third-order valence-electron chi connectivity index (χ3n) is 6.81. The normalized spacial score (nSPS) is 11.8. The lowest BCUT2D eigenvalue weighted by Crippen LogP contribution is -2.30. The van der Waals surface area contributed by atoms with E-state index in [-0.39, 0.29) is 5.91 Å².